The second-order valence-corrected chi connectivity index (χ2v) is 9.05. The number of methoxy groups -OCH3 is 1. The molecule has 1 aliphatic heterocycles. The van der Waals surface area contributed by atoms with E-state index >= 15 is 0 Å². The molecule has 8 nitrogen and oxygen atoms in total. The molecule has 4 rings (SSSR count). The first-order valence-electron chi connectivity index (χ1n) is 10.9. The number of aliphatic imine (C=N–C) groups is 1. The summed E-state index contributed by atoms with van der Waals surface area (Å²) >= 11 is 1.13. The highest BCUT2D eigenvalue weighted by Crippen LogP contribution is 2.31. The maximum absolute atomic E-state index is 13.4. The van der Waals surface area contributed by atoms with Gasteiger partial charge in [0, 0.05) is 12.1 Å². The van der Waals surface area contributed by atoms with Crippen molar-refractivity contribution >= 4 is 46.1 Å². The number of aromatic carboxylic acids is 1. The van der Waals surface area contributed by atoms with E-state index in [2.05, 4.69) is 10.3 Å². The van der Waals surface area contributed by atoms with E-state index in [9.17, 15) is 23.9 Å². The van der Waals surface area contributed by atoms with Crippen LogP contribution in [0.15, 0.2) is 77.8 Å². The first kappa shape index (κ1) is 24.9. The predicted molar refractivity (Wildman–Crippen MR) is 135 cm³/mol. The van der Waals surface area contributed by atoms with E-state index in [4.69, 9.17) is 4.74 Å². The second-order valence-electron chi connectivity index (χ2n) is 7.88. The summed E-state index contributed by atoms with van der Waals surface area (Å²) in [6.07, 6.45) is -0.0854. The van der Waals surface area contributed by atoms with E-state index in [1.807, 2.05) is 0 Å². The minimum absolute atomic E-state index is 0.0346. The van der Waals surface area contributed by atoms with Crippen LogP contribution in [0.1, 0.15) is 22.3 Å². The van der Waals surface area contributed by atoms with Gasteiger partial charge in [-0.1, -0.05) is 30.0 Å². The third kappa shape index (κ3) is 6.08. The van der Waals surface area contributed by atoms with Crippen LogP contribution >= 0.6 is 11.8 Å². The zero-order valence-electron chi connectivity index (χ0n) is 19.2. The number of ether oxygens (including phenoxy) is 1. The number of thioether (sulfide) groups is 1. The van der Waals surface area contributed by atoms with Crippen LogP contribution in [-0.4, -0.2) is 45.3 Å². The Morgan fingerprint density at radius 1 is 1.14 bits per heavy atom. The lowest BCUT2D eigenvalue weighted by Crippen LogP contribution is -2.44. The van der Waals surface area contributed by atoms with Gasteiger partial charge in [0.25, 0.3) is 0 Å². The molecule has 0 radical (unpaired) electrons. The Balaban J connectivity index is 1.59. The van der Waals surface area contributed by atoms with E-state index in [0.717, 1.165) is 11.8 Å². The molecule has 1 fully saturated rings. The lowest BCUT2D eigenvalue weighted by molar-refractivity contribution is -0.129. The molecule has 0 saturated carbocycles. The Morgan fingerprint density at radius 3 is 2.53 bits per heavy atom. The number of anilines is 1. The van der Waals surface area contributed by atoms with Gasteiger partial charge < -0.3 is 15.2 Å². The Bertz CT molecular complexity index is 1310. The quantitative estimate of drug-likeness (QED) is 0.480. The van der Waals surface area contributed by atoms with Crippen molar-refractivity contribution < 1.29 is 28.6 Å². The fourth-order valence-corrected chi connectivity index (χ4v) is 4.59. The first-order chi connectivity index (χ1) is 17.3. The third-order valence-electron chi connectivity index (χ3n) is 5.36. The minimum atomic E-state index is -1.11. The summed E-state index contributed by atoms with van der Waals surface area (Å²) in [6, 6.07) is 18.6. The van der Waals surface area contributed by atoms with E-state index in [1.165, 1.54) is 35.2 Å². The van der Waals surface area contributed by atoms with Crippen molar-refractivity contribution in [3.05, 3.63) is 89.7 Å². The highest BCUT2D eigenvalue weighted by Gasteiger charge is 2.36. The van der Waals surface area contributed by atoms with Gasteiger partial charge in [-0.05, 0) is 60.2 Å². The lowest BCUT2D eigenvalue weighted by atomic mass is 10.1. The molecule has 0 aliphatic carbocycles. The van der Waals surface area contributed by atoms with Crippen LogP contribution in [0, 0.1) is 5.82 Å². The predicted octanol–water partition coefficient (Wildman–Crippen LogP) is 4.69. The molecule has 0 bridgehead atoms. The number of halogens is 1. The Morgan fingerprint density at radius 2 is 1.86 bits per heavy atom. The van der Waals surface area contributed by atoms with Crippen molar-refractivity contribution in [1.82, 2.24) is 4.90 Å². The zero-order valence-corrected chi connectivity index (χ0v) is 20.0. The zero-order chi connectivity index (χ0) is 25.7. The average molecular weight is 508 g/mol. The Hall–Kier alpha value is -4.18. The molecule has 3 aromatic rings. The molecule has 1 unspecified atom stereocenters. The first-order valence-corrected chi connectivity index (χ1v) is 11.8. The van der Waals surface area contributed by atoms with Gasteiger partial charge in [0.05, 0.1) is 24.9 Å². The van der Waals surface area contributed by atoms with Crippen LogP contribution in [0.2, 0.25) is 0 Å². The minimum Gasteiger partial charge on any atom is -0.497 e. The number of benzene rings is 3. The number of hydrogen-bond donors (Lipinski definition) is 2. The monoisotopic (exact) mass is 507 g/mol. The largest absolute Gasteiger partial charge is 0.497 e. The summed E-state index contributed by atoms with van der Waals surface area (Å²) in [5.74, 6) is -1.60. The van der Waals surface area contributed by atoms with Crippen molar-refractivity contribution in [2.45, 2.75) is 18.2 Å². The maximum Gasteiger partial charge on any atom is 0.335 e. The number of carbonyl (C=O) groups excluding carboxylic acids is 2. The van der Waals surface area contributed by atoms with Crippen LogP contribution in [0.5, 0.6) is 5.75 Å². The molecule has 2 amide bonds. The number of rotatable bonds is 7. The molecule has 1 saturated heterocycles. The number of carboxylic acid groups (broad SMARTS) is 1. The standard InChI is InChI=1S/C26H22FN3O5S/c1-35-21-11-9-19(10-12-21)29-26-30(15-16-5-7-18(27)8-6-16)23(31)14-22(36-26)24(32)28-20-4-2-3-17(13-20)25(33)34/h2-13,22H,14-15H2,1H3,(H,28,32)(H,33,34). The van der Waals surface area contributed by atoms with Gasteiger partial charge >= 0.3 is 5.97 Å². The molecule has 1 aliphatic rings. The topological polar surface area (TPSA) is 108 Å². The highest BCUT2D eigenvalue weighted by atomic mass is 32.2. The summed E-state index contributed by atoms with van der Waals surface area (Å²) in [5.41, 5.74) is 1.62. The van der Waals surface area contributed by atoms with Crippen molar-refractivity contribution in [3.63, 3.8) is 0 Å². The number of amidine groups is 1. The van der Waals surface area contributed by atoms with Crippen LogP contribution in [0.25, 0.3) is 0 Å². The van der Waals surface area contributed by atoms with Crippen LogP contribution in [-0.2, 0) is 16.1 Å². The maximum atomic E-state index is 13.4. The van der Waals surface area contributed by atoms with Gasteiger partial charge in [-0.15, -0.1) is 0 Å². The number of carboxylic acids is 1. The molecular weight excluding hydrogens is 485 g/mol. The normalized spacial score (nSPS) is 16.6. The van der Waals surface area contributed by atoms with Crippen LogP contribution in [0.3, 0.4) is 0 Å². The number of carbonyl (C=O) groups is 3. The summed E-state index contributed by atoms with van der Waals surface area (Å²) in [6.45, 7) is 0.163. The van der Waals surface area contributed by atoms with Gasteiger partial charge in [0.1, 0.15) is 16.8 Å². The van der Waals surface area contributed by atoms with Crippen molar-refractivity contribution in [3.8, 4) is 5.75 Å². The lowest BCUT2D eigenvalue weighted by Gasteiger charge is -2.32. The fourth-order valence-electron chi connectivity index (χ4n) is 3.49. The van der Waals surface area contributed by atoms with E-state index in [1.54, 1.807) is 49.6 Å². The number of hydrogen-bond acceptors (Lipinski definition) is 6. The molecule has 1 atom stereocenters. The van der Waals surface area contributed by atoms with Gasteiger partial charge in [-0.3, -0.25) is 14.5 Å². The van der Waals surface area contributed by atoms with Gasteiger partial charge in [-0.2, -0.15) is 0 Å². The molecule has 36 heavy (non-hydrogen) atoms. The van der Waals surface area contributed by atoms with Crippen molar-refractivity contribution in [1.29, 1.82) is 0 Å². The van der Waals surface area contributed by atoms with Crippen molar-refractivity contribution in [2.75, 3.05) is 12.4 Å². The summed E-state index contributed by atoms with van der Waals surface area (Å²) in [4.78, 5) is 43.5. The molecule has 1 heterocycles. The summed E-state index contributed by atoms with van der Waals surface area (Å²) in [7, 11) is 1.55. The smallest absolute Gasteiger partial charge is 0.335 e. The summed E-state index contributed by atoms with van der Waals surface area (Å²) in [5, 5.41) is 11.4. The van der Waals surface area contributed by atoms with Gasteiger partial charge in [0.2, 0.25) is 11.8 Å². The molecule has 0 spiro atoms. The van der Waals surface area contributed by atoms with Gasteiger partial charge in [0.15, 0.2) is 5.17 Å². The van der Waals surface area contributed by atoms with Crippen LogP contribution in [0.4, 0.5) is 15.8 Å². The molecule has 2 N–H and O–H groups in total. The summed E-state index contributed by atoms with van der Waals surface area (Å²) < 4.78 is 18.5. The number of nitrogens with one attached hydrogen (secondary N) is 1. The SMILES string of the molecule is COc1ccc(N=C2SC(C(=O)Nc3cccc(C(=O)O)c3)CC(=O)N2Cc2ccc(F)cc2)cc1. The number of amides is 2. The molecule has 184 valence electrons. The highest BCUT2D eigenvalue weighted by molar-refractivity contribution is 8.15. The van der Waals surface area contributed by atoms with E-state index in [0.29, 0.717) is 27.9 Å². The van der Waals surface area contributed by atoms with E-state index < -0.39 is 17.1 Å². The average Bonchev–Trinajstić information content (AvgIpc) is 2.87. The Kier molecular flexibility index (Phi) is 7.65. The Labute approximate surface area is 210 Å². The van der Waals surface area contributed by atoms with Gasteiger partial charge in [-0.25, -0.2) is 14.2 Å². The van der Waals surface area contributed by atoms with Crippen LogP contribution < -0.4 is 10.1 Å². The molecule has 0 aromatic heterocycles. The third-order valence-corrected chi connectivity index (χ3v) is 6.55. The molecule has 10 heteroatoms. The fraction of sp³-hybridized carbons (Fsp3) is 0.154. The van der Waals surface area contributed by atoms with Crippen molar-refractivity contribution in [2.24, 2.45) is 4.99 Å². The van der Waals surface area contributed by atoms with E-state index in [-0.39, 0.29) is 30.3 Å². The second kappa shape index (κ2) is 11.0. The number of nitrogens with zero attached hydrogens (tertiary/aromatic N) is 2. The molecule has 3 aromatic carbocycles. The molecular formula is C26H22FN3O5S.